The molecule has 0 radical (unpaired) electrons. The Morgan fingerprint density at radius 2 is 1.83 bits per heavy atom. The maximum absolute atomic E-state index is 11.9. The van der Waals surface area contributed by atoms with Crippen molar-refractivity contribution in [2.75, 3.05) is 19.0 Å². The van der Waals surface area contributed by atoms with Crippen LogP contribution in [0.5, 0.6) is 0 Å². The van der Waals surface area contributed by atoms with Crippen molar-refractivity contribution in [1.82, 2.24) is 10.2 Å². The Balaban J connectivity index is 1.52. The molecule has 1 N–H and O–H groups in total. The van der Waals surface area contributed by atoms with Crippen LogP contribution in [0.25, 0.3) is 0 Å². The molecule has 2 saturated heterocycles. The Morgan fingerprint density at radius 1 is 1.17 bits per heavy atom. The number of hydrogen-bond donors (Lipinski definition) is 1. The van der Waals surface area contributed by atoms with E-state index in [0.29, 0.717) is 23.3 Å². The fourth-order valence-electron chi connectivity index (χ4n) is 5.06. The number of nitrogens with zero attached hydrogens (tertiary/aromatic N) is 3. The molecule has 2 unspecified atom stereocenters. The first-order valence-corrected chi connectivity index (χ1v) is 10.5. The van der Waals surface area contributed by atoms with Gasteiger partial charge in [-0.25, -0.2) is 0 Å². The number of benzene rings is 2. The molecule has 2 fully saturated rings. The highest BCUT2D eigenvalue weighted by Gasteiger charge is 2.42. The molecule has 2 heterocycles. The van der Waals surface area contributed by atoms with Crippen LogP contribution >= 0.6 is 0 Å². The van der Waals surface area contributed by atoms with E-state index in [9.17, 15) is 14.9 Å². The first kappa shape index (κ1) is 20.3. The van der Waals surface area contributed by atoms with Crippen molar-refractivity contribution >= 4 is 17.3 Å². The van der Waals surface area contributed by atoms with E-state index in [1.165, 1.54) is 31.5 Å². The van der Waals surface area contributed by atoms with Gasteiger partial charge in [-0.2, -0.15) is 0 Å². The zero-order chi connectivity index (χ0) is 21.3. The lowest BCUT2D eigenvalue weighted by Crippen LogP contribution is -2.49. The van der Waals surface area contributed by atoms with Crippen molar-refractivity contribution in [2.24, 2.45) is 0 Å². The van der Waals surface area contributed by atoms with Crippen LogP contribution in [0.15, 0.2) is 48.5 Å². The third-order valence-corrected chi connectivity index (χ3v) is 6.66. The Hall–Kier alpha value is -2.93. The quantitative estimate of drug-likeness (QED) is 0.584. The second-order valence-electron chi connectivity index (χ2n) is 8.32. The summed E-state index contributed by atoms with van der Waals surface area (Å²) in [5, 5.41) is 14.2. The van der Waals surface area contributed by atoms with Crippen molar-refractivity contribution < 1.29 is 9.72 Å². The molecule has 2 aliphatic rings. The number of nitro groups is 1. The number of amides is 1. The number of piperidine rings is 1. The summed E-state index contributed by atoms with van der Waals surface area (Å²) in [7, 11) is 3.46. The van der Waals surface area contributed by atoms with Gasteiger partial charge in [0.25, 0.3) is 11.6 Å². The largest absolute Gasteiger partial charge is 0.366 e. The highest BCUT2D eigenvalue weighted by Crippen LogP contribution is 2.41. The van der Waals surface area contributed by atoms with Gasteiger partial charge in [-0.05, 0) is 43.4 Å². The second-order valence-corrected chi connectivity index (χ2v) is 8.32. The molecule has 0 saturated carbocycles. The summed E-state index contributed by atoms with van der Waals surface area (Å²) < 4.78 is 0. The number of carbonyl (C=O) groups excluding carboxylic acids is 1. The van der Waals surface area contributed by atoms with Gasteiger partial charge < -0.3 is 10.2 Å². The van der Waals surface area contributed by atoms with Crippen LogP contribution in [-0.4, -0.2) is 48.0 Å². The van der Waals surface area contributed by atoms with Crippen LogP contribution in [-0.2, 0) is 6.54 Å². The molecule has 2 aliphatic heterocycles. The van der Waals surface area contributed by atoms with Crippen LogP contribution in [0.2, 0.25) is 0 Å². The van der Waals surface area contributed by atoms with E-state index in [0.717, 1.165) is 19.4 Å². The van der Waals surface area contributed by atoms with Gasteiger partial charge in [-0.3, -0.25) is 19.8 Å². The number of anilines is 1. The SMILES string of the molecule is CNC(=O)c1ccc(N(C)C2CC3CCC(C2)N3Cc2ccccc2)c([N+](=O)[O-])c1. The van der Waals surface area contributed by atoms with Gasteiger partial charge in [0.05, 0.1) is 4.92 Å². The van der Waals surface area contributed by atoms with Crippen molar-refractivity contribution in [3.8, 4) is 0 Å². The van der Waals surface area contributed by atoms with Crippen LogP contribution in [0.4, 0.5) is 11.4 Å². The van der Waals surface area contributed by atoms with Crippen LogP contribution < -0.4 is 10.2 Å². The lowest BCUT2D eigenvalue weighted by atomic mass is 9.94. The van der Waals surface area contributed by atoms with Crippen LogP contribution in [0.3, 0.4) is 0 Å². The molecule has 30 heavy (non-hydrogen) atoms. The molecule has 2 aromatic rings. The number of rotatable bonds is 6. The Labute approximate surface area is 176 Å². The normalized spacial score (nSPS) is 23.2. The molecule has 7 nitrogen and oxygen atoms in total. The van der Waals surface area contributed by atoms with Crippen molar-refractivity contribution in [1.29, 1.82) is 0 Å². The zero-order valence-electron chi connectivity index (χ0n) is 17.5. The van der Waals surface area contributed by atoms with E-state index in [-0.39, 0.29) is 17.6 Å². The summed E-state index contributed by atoms with van der Waals surface area (Å²) in [4.78, 5) is 27.9. The van der Waals surface area contributed by atoms with Gasteiger partial charge in [0.2, 0.25) is 0 Å². The molecule has 0 aromatic heterocycles. The molecular formula is C23H28N4O3. The predicted molar refractivity (Wildman–Crippen MR) is 117 cm³/mol. The summed E-state index contributed by atoms with van der Waals surface area (Å²) in [5.41, 5.74) is 2.20. The lowest BCUT2D eigenvalue weighted by molar-refractivity contribution is -0.384. The number of nitro benzene ring substituents is 1. The van der Waals surface area contributed by atoms with E-state index in [1.54, 1.807) is 12.1 Å². The minimum Gasteiger partial charge on any atom is -0.366 e. The molecule has 0 spiro atoms. The first-order chi connectivity index (χ1) is 14.5. The van der Waals surface area contributed by atoms with Gasteiger partial charge in [0.1, 0.15) is 5.69 Å². The second kappa shape index (κ2) is 8.44. The summed E-state index contributed by atoms with van der Waals surface area (Å²) in [6.45, 7) is 0.966. The van der Waals surface area contributed by atoms with Crippen LogP contribution in [0, 0.1) is 10.1 Å². The predicted octanol–water partition coefficient (Wildman–Crippen LogP) is 3.59. The highest BCUT2D eigenvalue weighted by atomic mass is 16.6. The Kier molecular flexibility index (Phi) is 5.72. The first-order valence-electron chi connectivity index (χ1n) is 10.5. The molecule has 2 aromatic carbocycles. The average Bonchev–Trinajstić information content (AvgIpc) is 2.99. The van der Waals surface area contributed by atoms with Crippen molar-refractivity contribution in [3.63, 3.8) is 0 Å². The third-order valence-electron chi connectivity index (χ3n) is 6.66. The fraction of sp³-hybridized carbons (Fsp3) is 0.435. The van der Waals surface area contributed by atoms with Gasteiger partial charge >= 0.3 is 0 Å². The summed E-state index contributed by atoms with van der Waals surface area (Å²) in [6, 6.07) is 16.6. The van der Waals surface area contributed by atoms with Gasteiger partial charge in [-0.15, -0.1) is 0 Å². The Bertz CT molecular complexity index is 919. The monoisotopic (exact) mass is 408 g/mol. The summed E-state index contributed by atoms with van der Waals surface area (Å²) in [6.07, 6.45) is 4.35. The molecule has 2 atom stereocenters. The van der Waals surface area contributed by atoms with Gasteiger partial charge in [-0.1, -0.05) is 30.3 Å². The summed E-state index contributed by atoms with van der Waals surface area (Å²) in [5.74, 6) is -0.320. The zero-order valence-corrected chi connectivity index (χ0v) is 17.5. The molecule has 0 aliphatic carbocycles. The molecule has 158 valence electrons. The average molecular weight is 409 g/mol. The smallest absolute Gasteiger partial charge is 0.293 e. The Morgan fingerprint density at radius 3 is 2.43 bits per heavy atom. The number of nitrogens with one attached hydrogen (secondary N) is 1. The van der Waals surface area contributed by atoms with Crippen molar-refractivity contribution in [2.45, 2.75) is 50.4 Å². The topological polar surface area (TPSA) is 78.7 Å². The minimum atomic E-state index is -0.391. The maximum atomic E-state index is 11.9. The minimum absolute atomic E-state index is 0.0161. The highest BCUT2D eigenvalue weighted by molar-refractivity contribution is 5.95. The van der Waals surface area contributed by atoms with Crippen molar-refractivity contribution in [3.05, 3.63) is 69.8 Å². The van der Waals surface area contributed by atoms with E-state index < -0.39 is 4.92 Å². The van der Waals surface area contributed by atoms with E-state index in [2.05, 4.69) is 39.4 Å². The lowest BCUT2D eigenvalue weighted by Gasteiger charge is -2.42. The molecule has 7 heteroatoms. The summed E-state index contributed by atoms with van der Waals surface area (Å²) >= 11 is 0. The number of carbonyl (C=O) groups is 1. The van der Waals surface area contributed by atoms with E-state index in [4.69, 9.17) is 0 Å². The number of hydrogen-bond acceptors (Lipinski definition) is 5. The standard InChI is InChI=1S/C23H28N4O3/c1-24-23(28)17-8-11-21(22(12-17)27(29)30)25(2)20-13-18-9-10-19(14-20)26(18)15-16-6-4-3-5-7-16/h3-8,11-12,18-20H,9-10,13-15H2,1-2H3,(H,24,28). The molecule has 2 bridgehead atoms. The molecule has 4 rings (SSSR count). The maximum Gasteiger partial charge on any atom is 0.293 e. The van der Waals surface area contributed by atoms with E-state index in [1.807, 2.05) is 13.1 Å². The molecule has 1 amide bonds. The van der Waals surface area contributed by atoms with Gasteiger partial charge in [0.15, 0.2) is 0 Å². The molecular weight excluding hydrogens is 380 g/mol. The van der Waals surface area contributed by atoms with Crippen LogP contribution in [0.1, 0.15) is 41.6 Å². The third kappa shape index (κ3) is 3.89. The van der Waals surface area contributed by atoms with Gasteiger partial charge in [0, 0.05) is 50.4 Å². The number of fused-ring (bicyclic) bond motifs is 2. The van der Waals surface area contributed by atoms with E-state index >= 15 is 0 Å². The fourth-order valence-corrected chi connectivity index (χ4v) is 5.06.